The van der Waals surface area contributed by atoms with Crippen LogP contribution in [0.1, 0.15) is 81.5 Å². The lowest BCUT2D eigenvalue weighted by Crippen LogP contribution is -2.42. The third-order valence-electron chi connectivity index (χ3n) is 8.40. The van der Waals surface area contributed by atoms with Crippen molar-refractivity contribution in [2.24, 2.45) is 11.8 Å². The third kappa shape index (κ3) is 5.24. The zero-order chi connectivity index (χ0) is 25.8. The largest absolute Gasteiger partial charge is 0.446 e. The predicted octanol–water partition coefficient (Wildman–Crippen LogP) is 4.35. The van der Waals surface area contributed by atoms with Crippen LogP contribution in [-0.4, -0.2) is 54.4 Å². The zero-order valence-corrected chi connectivity index (χ0v) is 22.0. The van der Waals surface area contributed by atoms with Crippen LogP contribution in [0.25, 0.3) is 0 Å². The highest BCUT2D eigenvalue weighted by atomic mass is 16.7. The van der Waals surface area contributed by atoms with Crippen molar-refractivity contribution in [1.82, 2.24) is 15.2 Å². The van der Waals surface area contributed by atoms with Crippen LogP contribution in [0.15, 0.2) is 41.0 Å². The third-order valence-corrected chi connectivity index (χ3v) is 8.40. The molecule has 200 valence electrons. The van der Waals surface area contributed by atoms with Crippen LogP contribution < -0.4 is 5.32 Å². The highest BCUT2D eigenvalue weighted by molar-refractivity contribution is 5.90. The Kier molecular flexibility index (Phi) is 8.07. The average molecular weight is 510 g/mol. The van der Waals surface area contributed by atoms with Crippen LogP contribution in [0.4, 0.5) is 0 Å². The fourth-order valence-corrected chi connectivity index (χ4v) is 6.17. The Labute approximate surface area is 219 Å². The molecule has 1 amide bonds. The summed E-state index contributed by atoms with van der Waals surface area (Å²) < 4.78 is 18.2. The molecule has 8 heteroatoms. The second-order valence-electron chi connectivity index (χ2n) is 10.6. The molecule has 37 heavy (non-hydrogen) atoms. The molecule has 1 N–H and O–H groups in total. The number of rotatable bonds is 9. The molecule has 2 aromatic rings. The Morgan fingerprint density at radius 3 is 2.51 bits per heavy atom. The standard InChI is InChI=1S/C29H39N3O5/c1-20(30-2)25(33)18-23(21-10-5-3-6-11-21)28(34)32-15-9-14-24(32)27-31-26(19-35-27)29(36-16-17-37-29)22-12-7-4-8-13-22/h4,7-8,12-13,19-21,23-24,30H,3,5-6,9-11,14-18H2,1-2H3/t20-,23-,24-/m0/s1. The number of likely N-dealkylation sites (N-methyl/N-ethyl adjacent to an activating group) is 1. The molecule has 0 spiro atoms. The maximum atomic E-state index is 14.1. The number of ketones is 1. The van der Waals surface area contributed by atoms with E-state index in [0.717, 1.165) is 44.1 Å². The number of ether oxygens (including phenoxy) is 2. The molecule has 3 atom stereocenters. The van der Waals surface area contributed by atoms with E-state index in [9.17, 15) is 9.59 Å². The summed E-state index contributed by atoms with van der Waals surface area (Å²) >= 11 is 0. The van der Waals surface area contributed by atoms with Gasteiger partial charge >= 0.3 is 0 Å². The molecule has 1 saturated carbocycles. The fraction of sp³-hybridized carbons (Fsp3) is 0.621. The van der Waals surface area contributed by atoms with Gasteiger partial charge in [0.05, 0.1) is 19.3 Å². The van der Waals surface area contributed by atoms with Gasteiger partial charge in [0.2, 0.25) is 17.6 Å². The highest BCUT2D eigenvalue weighted by Crippen LogP contribution is 2.41. The number of nitrogens with zero attached hydrogens (tertiary/aromatic N) is 2. The quantitative estimate of drug-likeness (QED) is 0.537. The van der Waals surface area contributed by atoms with Crippen LogP contribution in [0.3, 0.4) is 0 Å². The number of oxazole rings is 1. The normalized spacial score (nSPS) is 23.7. The number of hydrogen-bond acceptors (Lipinski definition) is 7. The summed E-state index contributed by atoms with van der Waals surface area (Å²) in [6, 6.07) is 9.25. The maximum Gasteiger partial charge on any atom is 0.243 e. The van der Waals surface area contributed by atoms with Crippen LogP contribution in [0.5, 0.6) is 0 Å². The van der Waals surface area contributed by atoms with Gasteiger partial charge in [-0.05, 0) is 45.6 Å². The number of amides is 1. The van der Waals surface area contributed by atoms with E-state index in [1.165, 1.54) is 6.42 Å². The van der Waals surface area contributed by atoms with Crippen LogP contribution in [-0.2, 0) is 24.8 Å². The second kappa shape index (κ2) is 11.5. The first kappa shape index (κ1) is 26.1. The minimum Gasteiger partial charge on any atom is -0.446 e. The van der Waals surface area contributed by atoms with Gasteiger partial charge in [-0.25, -0.2) is 4.98 Å². The Balaban J connectivity index is 1.39. The smallest absolute Gasteiger partial charge is 0.243 e. The molecular formula is C29H39N3O5. The van der Waals surface area contributed by atoms with E-state index in [0.29, 0.717) is 31.3 Å². The van der Waals surface area contributed by atoms with Gasteiger partial charge in [0, 0.05) is 24.4 Å². The van der Waals surface area contributed by atoms with Crippen molar-refractivity contribution >= 4 is 11.7 Å². The summed E-state index contributed by atoms with van der Waals surface area (Å²) in [5.74, 6) is -0.477. The number of nitrogens with one attached hydrogen (secondary N) is 1. The van der Waals surface area contributed by atoms with E-state index in [1.54, 1.807) is 13.3 Å². The Bertz CT molecular complexity index is 1060. The van der Waals surface area contributed by atoms with Crippen molar-refractivity contribution in [1.29, 1.82) is 0 Å². The lowest BCUT2D eigenvalue weighted by Gasteiger charge is -2.34. The van der Waals surface area contributed by atoms with Crippen LogP contribution in [0, 0.1) is 11.8 Å². The first-order valence-corrected chi connectivity index (χ1v) is 13.8. The topological polar surface area (TPSA) is 93.9 Å². The molecule has 2 saturated heterocycles. The Morgan fingerprint density at radius 2 is 1.81 bits per heavy atom. The van der Waals surface area contributed by atoms with E-state index in [4.69, 9.17) is 18.9 Å². The molecular weight excluding hydrogens is 470 g/mol. The summed E-state index contributed by atoms with van der Waals surface area (Å²) in [6.45, 7) is 3.45. The SMILES string of the molecule is CN[C@@H](C)C(=O)C[C@H](C(=O)N1CCC[C@H]1c1nc(C2(c3ccccc3)OCCO2)co1)C1CCCCC1. The molecule has 0 unspecified atom stereocenters. The molecule has 0 bridgehead atoms. The van der Waals surface area contributed by atoms with Gasteiger partial charge in [-0.1, -0.05) is 49.6 Å². The first-order chi connectivity index (χ1) is 18.0. The summed E-state index contributed by atoms with van der Waals surface area (Å²) in [5, 5.41) is 3.04. The van der Waals surface area contributed by atoms with Gasteiger partial charge in [-0.2, -0.15) is 0 Å². The molecule has 1 aliphatic carbocycles. The molecule has 0 radical (unpaired) electrons. The molecule has 8 nitrogen and oxygen atoms in total. The number of carbonyl (C=O) groups excluding carboxylic acids is 2. The van der Waals surface area contributed by atoms with Crippen molar-refractivity contribution in [2.45, 2.75) is 76.2 Å². The second-order valence-corrected chi connectivity index (χ2v) is 10.6. The Morgan fingerprint density at radius 1 is 1.08 bits per heavy atom. The van der Waals surface area contributed by atoms with Gasteiger partial charge in [-0.15, -0.1) is 0 Å². The van der Waals surface area contributed by atoms with Crippen molar-refractivity contribution < 1.29 is 23.5 Å². The fourth-order valence-electron chi connectivity index (χ4n) is 6.17. The number of carbonyl (C=O) groups is 2. The van der Waals surface area contributed by atoms with E-state index < -0.39 is 5.79 Å². The minimum absolute atomic E-state index is 0.0666. The zero-order valence-electron chi connectivity index (χ0n) is 22.0. The molecule has 3 heterocycles. The lowest BCUT2D eigenvalue weighted by atomic mass is 9.76. The molecule has 3 fully saturated rings. The lowest BCUT2D eigenvalue weighted by molar-refractivity contribution is -0.142. The number of benzene rings is 1. The molecule has 3 aliphatic rings. The number of hydrogen-bond donors (Lipinski definition) is 1. The predicted molar refractivity (Wildman–Crippen MR) is 138 cm³/mol. The van der Waals surface area contributed by atoms with Crippen molar-refractivity contribution in [2.75, 3.05) is 26.8 Å². The van der Waals surface area contributed by atoms with E-state index in [-0.39, 0.29) is 42.0 Å². The number of Topliss-reactive ketones (excluding diaryl/α,β-unsaturated/α-hetero) is 1. The van der Waals surface area contributed by atoms with Gasteiger partial charge in [0.25, 0.3) is 0 Å². The summed E-state index contributed by atoms with van der Waals surface area (Å²) in [6.07, 6.45) is 9.01. The van der Waals surface area contributed by atoms with Gasteiger partial charge < -0.3 is 24.1 Å². The van der Waals surface area contributed by atoms with Gasteiger partial charge in [-0.3, -0.25) is 9.59 Å². The monoisotopic (exact) mass is 509 g/mol. The number of aromatic nitrogens is 1. The molecule has 1 aromatic heterocycles. The maximum absolute atomic E-state index is 14.1. The molecule has 1 aromatic carbocycles. The van der Waals surface area contributed by atoms with Crippen molar-refractivity contribution in [3.8, 4) is 0 Å². The van der Waals surface area contributed by atoms with Crippen molar-refractivity contribution in [3.05, 3.63) is 53.7 Å². The van der Waals surface area contributed by atoms with E-state index in [2.05, 4.69) is 5.32 Å². The van der Waals surface area contributed by atoms with Gasteiger partial charge in [0.1, 0.15) is 23.8 Å². The summed E-state index contributed by atoms with van der Waals surface area (Å²) in [7, 11) is 1.79. The van der Waals surface area contributed by atoms with Crippen molar-refractivity contribution in [3.63, 3.8) is 0 Å². The van der Waals surface area contributed by atoms with Gasteiger partial charge in [0.15, 0.2) is 0 Å². The van der Waals surface area contributed by atoms with Crippen LogP contribution in [0.2, 0.25) is 0 Å². The van der Waals surface area contributed by atoms with E-state index in [1.807, 2.05) is 42.2 Å². The summed E-state index contributed by atoms with van der Waals surface area (Å²) in [4.78, 5) is 33.7. The molecule has 5 rings (SSSR count). The minimum atomic E-state index is -1.10. The van der Waals surface area contributed by atoms with Crippen LogP contribution >= 0.6 is 0 Å². The van der Waals surface area contributed by atoms with E-state index >= 15 is 0 Å². The first-order valence-electron chi connectivity index (χ1n) is 13.8. The average Bonchev–Trinajstić information content (AvgIpc) is 3.72. The molecule has 2 aliphatic heterocycles. The Hall–Kier alpha value is -2.55. The highest BCUT2D eigenvalue weighted by Gasteiger charge is 2.45. The number of likely N-dealkylation sites (tertiary alicyclic amines) is 1. The summed E-state index contributed by atoms with van der Waals surface area (Å²) in [5.41, 5.74) is 1.42.